The van der Waals surface area contributed by atoms with Crippen molar-refractivity contribution in [3.63, 3.8) is 0 Å². The number of anilines is 1. The minimum absolute atomic E-state index is 0.128. The number of carbonyl (C=O) groups excluding carboxylic acids is 2. The number of aryl methyl sites for hydroxylation is 1. The van der Waals surface area contributed by atoms with Gasteiger partial charge in [0.2, 0.25) is 11.8 Å². The zero-order valence-electron chi connectivity index (χ0n) is 15.1. The highest BCUT2D eigenvalue weighted by atomic mass is 35.5. The number of aromatic nitrogens is 2. The van der Waals surface area contributed by atoms with E-state index >= 15 is 0 Å². The van der Waals surface area contributed by atoms with Crippen molar-refractivity contribution in [3.05, 3.63) is 58.1 Å². The van der Waals surface area contributed by atoms with E-state index in [2.05, 4.69) is 5.10 Å². The van der Waals surface area contributed by atoms with Gasteiger partial charge >= 0.3 is 0 Å². The molecule has 0 spiro atoms. The van der Waals surface area contributed by atoms with Crippen LogP contribution in [0.25, 0.3) is 0 Å². The summed E-state index contributed by atoms with van der Waals surface area (Å²) in [6.07, 6.45) is 5.09. The molecule has 1 aromatic heterocycles. The number of fused-ring (bicyclic) bond motifs is 1. The number of benzene rings is 1. The number of hydrogen-bond acceptors (Lipinski definition) is 3. The number of halogens is 2. The van der Waals surface area contributed by atoms with E-state index in [0.29, 0.717) is 40.5 Å². The highest BCUT2D eigenvalue weighted by Crippen LogP contribution is 2.40. The molecule has 1 fully saturated rings. The SMILES string of the molecule is Cc1nn(Cc2c(F)cccc2Cl)c(C)c1N1C(=O)[C@@H]2CC=CC[C@H]2C1=O. The summed E-state index contributed by atoms with van der Waals surface area (Å²) in [5, 5.41) is 4.76. The Balaban J connectivity index is 1.72. The van der Waals surface area contributed by atoms with Gasteiger partial charge in [-0.15, -0.1) is 0 Å². The highest BCUT2D eigenvalue weighted by Gasteiger charge is 2.49. The standard InChI is InChI=1S/C20H19ClFN3O2/c1-11-18(25-19(26)13-6-3-4-7-14(13)20(25)27)12(2)24(23-11)10-15-16(21)8-5-9-17(15)22/h3-5,8-9,13-14H,6-7,10H2,1-2H3/t13-,14-/m1/s1. The van der Waals surface area contributed by atoms with Crippen LogP contribution in [0.2, 0.25) is 5.02 Å². The molecular weight excluding hydrogens is 369 g/mol. The predicted molar refractivity (Wildman–Crippen MR) is 100 cm³/mol. The quantitative estimate of drug-likeness (QED) is 0.594. The number of carbonyl (C=O) groups is 2. The first-order valence-electron chi connectivity index (χ1n) is 8.90. The number of rotatable bonds is 3. The van der Waals surface area contributed by atoms with E-state index in [1.54, 1.807) is 30.7 Å². The van der Waals surface area contributed by atoms with Crippen molar-refractivity contribution in [2.45, 2.75) is 33.2 Å². The first kappa shape index (κ1) is 17.9. The van der Waals surface area contributed by atoms with Crippen LogP contribution in [0.3, 0.4) is 0 Å². The van der Waals surface area contributed by atoms with Gasteiger partial charge in [-0.25, -0.2) is 9.29 Å². The van der Waals surface area contributed by atoms with E-state index in [1.165, 1.54) is 11.0 Å². The molecule has 2 amide bonds. The maximum atomic E-state index is 14.2. The molecule has 27 heavy (non-hydrogen) atoms. The lowest BCUT2D eigenvalue weighted by molar-refractivity contribution is -0.122. The third-order valence-electron chi connectivity index (χ3n) is 5.44. The van der Waals surface area contributed by atoms with E-state index in [-0.39, 0.29) is 30.2 Å². The third kappa shape index (κ3) is 2.79. The lowest BCUT2D eigenvalue weighted by Crippen LogP contribution is -2.31. The molecule has 0 bridgehead atoms. The summed E-state index contributed by atoms with van der Waals surface area (Å²) in [5.74, 6) is -1.37. The Labute approximate surface area is 161 Å². The fourth-order valence-electron chi connectivity index (χ4n) is 4.02. The zero-order valence-corrected chi connectivity index (χ0v) is 15.8. The molecule has 0 unspecified atom stereocenters. The van der Waals surface area contributed by atoms with E-state index in [0.717, 1.165) is 0 Å². The highest BCUT2D eigenvalue weighted by molar-refractivity contribution is 6.31. The van der Waals surface area contributed by atoms with Crippen molar-refractivity contribution in [2.75, 3.05) is 4.90 Å². The van der Waals surface area contributed by atoms with Gasteiger partial charge in [0.1, 0.15) is 5.82 Å². The Kier molecular flexibility index (Phi) is 4.38. The van der Waals surface area contributed by atoms with Crippen LogP contribution in [-0.4, -0.2) is 21.6 Å². The molecule has 1 aromatic carbocycles. The van der Waals surface area contributed by atoms with Gasteiger partial charge < -0.3 is 0 Å². The molecule has 1 aliphatic heterocycles. The molecule has 0 radical (unpaired) electrons. The van der Waals surface area contributed by atoms with E-state index in [9.17, 15) is 14.0 Å². The summed E-state index contributed by atoms with van der Waals surface area (Å²) in [7, 11) is 0. The van der Waals surface area contributed by atoms with Crippen molar-refractivity contribution in [2.24, 2.45) is 11.8 Å². The van der Waals surface area contributed by atoms with Crippen molar-refractivity contribution in [3.8, 4) is 0 Å². The topological polar surface area (TPSA) is 55.2 Å². The molecule has 2 atom stereocenters. The van der Waals surface area contributed by atoms with Crippen molar-refractivity contribution < 1.29 is 14.0 Å². The molecule has 0 N–H and O–H groups in total. The number of nitrogens with zero attached hydrogens (tertiary/aromatic N) is 3. The van der Waals surface area contributed by atoms with Crippen LogP contribution in [-0.2, 0) is 16.1 Å². The number of imide groups is 1. The van der Waals surface area contributed by atoms with Crippen LogP contribution in [0.15, 0.2) is 30.4 Å². The van der Waals surface area contributed by atoms with Crippen molar-refractivity contribution in [1.29, 1.82) is 0 Å². The summed E-state index contributed by atoms with van der Waals surface area (Å²) >= 11 is 6.13. The summed E-state index contributed by atoms with van der Waals surface area (Å²) in [6, 6.07) is 4.52. The van der Waals surface area contributed by atoms with Crippen LogP contribution < -0.4 is 4.90 Å². The van der Waals surface area contributed by atoms with Gasteiger partial charge in [0.25, 0.3) is 0 Å². The fraction of sp³-hybridized carbons (Fsp3) is 0.350. The molecular formula is C20H19ClFN3O2. The molecule has 140 valence electrons. The van der Waals surface area contributed by atoms with E-state index < -0.39 is 5.82 Å². The molecule has 1 saturated heterocycles. The van der Waals surface area contributed by atoms with Crippen LogP contribution in [0.4, 0.5) is 10.1 Å². The Bertz CT molecular complexity index is 936. The Morgan fingerprint density at radius 1 is 1.15 bits per heavy atom. The monoisotopic (exact) mass is 387 g/mol. The summed E-state index contributed by atoms with van der Waals surface area (Å²) in [6.45, 7) is 3.66. The summed E-state index contributed by atoms with van der Waals surface area (Å²) < 4.78 is 15.7. The third-order valence-corrected chi connectivity index (χ3v) is 5.80. The number of allylic oxidation sites excluding steroid dienone is 2. The van der Waals surface area contributed by atoms with Gasteiger partial charge in [0, 0.05) is 10.6 Å². The summed E-state index contributed by atoms with van der Waals surface area (Å²) in [5.41, 5.74) is 2.04. The average molecular weight is 388 g/mol. The lowest BCUT2D eigenvalue weighted by Gasteiger charge is -2.15. The van der Waals surface area contributed by atoms with E-state index in [1.807, 2.05) is 12.2 Å². The van der Waals surface area contributed by atoms with Crippen molar-refractivity contribution in [1.82, 2.24) is 9.78 Å². The smallest absolute Gasteiger partial charge is 0.238 e. The minimum Gasteiger partial charge on any atom is -0.274 e. The van der Waals surface area contributed by atoms with E-state index in [4.69, 9.17) is 11.6 Å². The lowest BCUT2D eigenvalue weighted by atomic mass is 9.85. The van der Waals surface area contributed by atoms with Gasteiger partial charge in [-0.2, -0.15) is 5.10 Å². The van der Waals surface area contributed by atoms with Gasteiger partial charge in [-0.1, -0.05) is 29.8 Å². The second kappa shape index (κ2) is 6.60. The predicted octanol–water partition coefficient (Wildman–Crippen LogP) is 3.80. The number of hydrogen-bond donors (Lipinski definition) is 0. The first-order valence-corrected chi connectivity index (χ1v) is 9.27. The molecule has 2 aliphatic rings. The van der Waals surface area contributed by atoms with Crippen molar-refractivity contribution >= 4 is 29.1 Å². The Morgan fingerprint density at radius 3 is 2.37 bits per heavy atom. The first-order chi connectivity index (χ1) is 12.9. The molecule has 2 heterocycles. The normalized spacial score (nSPS) is 21.9. The molecule has 5 nitrogen and oxygen atoms in total. The molecule has 1 aliphatic carbocycles. The molecule has 4 rings (SSSR count). The maximum absolute atomic E-state index is 14.2. The Morgan fingerprint density at radius 2 is 1.78 bits per heavy atom. The Hall–Kier alpha value is -2.47. The summed E-state index contributed by atoms with van der Waals surface area (Å²) in [4.78, 5) is 27.0. The van der Waals surface area contributed by atoms with Gasteiger partial charge in [-0.05, 0) is 38.8 Å². The fourth-order valence-corrected chi connectivity index (χ4v) is 4.24. The molecule has 0 saturated carbocycles. The van der Waals surface area contributed by atoms with Crippen LogP contribution in [0.1, 0.15) is 29.8 Å². The van der Waals surface area contributed by atoms with Crippen LogP contribution in [0, 0.1) is 31.5 Å². The minimum atomic E-state index is -0.415. The average Bonchev–Trinajstić information content (AvgIpc) is 3.05. The molecule has 2 aromatic rings. The van der Waals surface area contributed by atoms with Gasteiger partial charge in [-0.3, -0.25) is 14.3 Å². The number of amides is 2. The van der Waals surface area contributed by atoms with Crippen LogP contribution >= 0.6 is 11.6 Å². The van der Waals surface area contributed by atoms with Gasteiger partial charge in [0.05, 0.1) is 35.5 Å². The van der Waals surface area contributed by atoms with Gasteiger partial charge in [0.15, 0.2) is 0 Å². The maximum Gasteiger partial charge on any atom is 0.238 e. The van der Waals surface area contributed by atoms with Crippen LogP contribution in [0.5, 0.6) is 0 Å². The molecule has 7 heteroatoms. The zero-order chi connectivity index (χ0) is 19.3. The largest absolute Gasteiger partial charge is 0.274 e. The second-order valence-electron chi connectivity index (χ2n) is 7.04. The second-order valence-corrected chi connectivity index (χ2v) is 7.45.